The van der Waals surface area contributed by atoms with Crippen LogP contribution in [0.15, 0.2) is 42.5 Å². The lowest BCUT2D eigenvalue weighted by Gasteiger charge is -2.30. The Bertz CT molecular complexity index is 913. The Labute approximate surface area is 192 Å². The lowest BCUT2D eigenvalue weighted by molar-refractivity contribution is -0.140. The normalized spacial score (nSPS) is 15.1. The number of halogens is 3. The van der Waals surface area contributed by atoms with Crippen LogP contribution in [-0.2, 0) is 22.6 Å². The summed E-state index contributed by atoms with van der Waals surface area (Å²) in [5.41, 5.74) is 1.61. The largest absolute Gasteiger partial charge is 0.352 e. The zero-order valence-electron chi connectivity index (χ0n) is 16.8. The van der Waals surface area contributed by atoms with E-state index >= 15 is 0 Å². The summed E-state index contributed by atoms with van der Waals surface area (Å²) < 4.78 is 0. The van der Waals surface area contributed by atoms with E-state index < -0.39 is 6.04 Å². The van der Waals surface area contributed by atoms with Gasteiger partial charge < -0.3 is 10.2 Å². The van der Waals surface area contributed by atoms with Crippen LogP contribution >= 0.6 is 34.8 Å². The number of carbonyl (C=O) groups is 2. The van der Waals surface area contributed by atoms with Gasteiger partial charge in [0.05, 0.1) is 16.5 Å². The maximum absolute atomic E-state index is 13.2. The van der Waals surface area contributed by atoms with Gasteiger partial charge in [-0.1, -0.05) is 65.8 Å². The summed E-state index contributed by atoms with van der Waals surface area (Å²) in [5.74, 6) is -0.297. The number of nitrogens with one attached hydrogen (secondary N) is 1. The van der Waals surface area contributed by atoms with Crippen LogP contribution in [0.5, 0.6) is 0 Å². The SMILES string of the molecule is CC(C(=O)NC1CCCC1)N(Cc1cccc(Cl)c1)C(=O)Cc1ccc(Cl)c(Cl)c1. The van der Waals surface area contributed by atoms with Crippen LogP contribution in [0.1, 0.15) is 43.7 Å². The van der Waals surface area contributed by atoms with Gasteiger partial charge in [-0.05, 0) is 55.2 Å². The van der Waals surface area contributed by atoms with Gasteiger partial charge in [-0.15, -0.1) is 0 Å². The molecule has 0 heterocycles. The number of rotatable bonds is 7. The predicted molar refractivity (Wildman–Crippen MR) is 122 cm³/mol. The summed E-state index contributed by atoms with van der Waals surface area (Å²) in [6, 6.07) is 12.0. The molecule has 0 radical (unpaired) electrons. The highest BCUT2D eigenvalue weighted by Crippen LogP contribution is 2.24. The van der Waals surface area contributed by atoms with Crippen molar-refractivity contribution in [2.45, 2.75) is 57.7 Å². The third-order valence-corrected chi connectivity index (χ3v) is 6.42. The molecule has 1 saturated carbocycles. The number of carbonyl (C=O) groups excluding carboxylic acids is 2. The van der Waals surface area contributed by atoms with Crippen molar-refractivity contribution in [3.63, 3.8) is 0 Å². The molecule has 1 fully saturated rings. The molecule has 3 rings (SSSR count). The van der Waals surface area contributed by atoms with Gasteiger partial charge in [-0.25, -0.2) is 0 Å². The van der Waals surface area contributed by atoms with Gasteiger partial charge in [0.2, 0.25) is 11.8 Å². The quantitative estimate of drug-likeness (QED) is 0.571. The molecule has 0 bridgehead atoms. The second-order valence-corrected chi connectivity index (χ2v) is 8.99. The highest BCUT2D eigenvalue weighted by Gasteiger charge is 2.28. The molecule has 0 spiro atoms. The number of hydrogen-bond acceptors (Lipinski definition) is 2. The minimum atomic E-state index is -0.611. The third-order valence-electron chi connectivity index (χ3n) is 5.45. The van der Waals surface area contributed by atoms with Crippen LogP contribution < -0.4 is 5.32 Å². The highest BCUT2D eigenvalue weighted by atomic mass is 35.5. The molecule has 0 aliphatic heterocycles. The van der Waals surface area contributed by atoms with E-state index in [4.69, 9.17) is 34.8 Å². The Hall–Kier alpha value is -1.75. The predicted octanol–water partition coefficient (Wildman–Crippen LogP) is 5.67. The van der Waals surface area contributed by atoms with Crippen molar-refractivity contribution >= 4 is 46.6 Å². The fraction of sp³-hybridized carbons (Fsp3) is 0.391. The Kier molecular flexibility index (Phi) is 8.04. The average molecular weight is 468 g/mol. The summed E-state index contributed by atoms with van der Waals surface area (Å²) in [6.45, 7) is 2.06. The summed E-state index contributed by atoms with van der Waals surface area (Å²) >= 11 is 18.2. The van der Waals surface area contributed by atoms with Gasteiger partial charge in [0.25, 0.3) is 0 Å². The topological polar surface area (TPSA) is 49.4 Å². The van der Waals surface area contributed by atoms with E-state index in [1.807, 2.05) is 18.2 Å². The van der Waals surface area contributed by atoms with Gasteiger partial charge in [0.15, 0.2) is 0 Å². The Morgan fingerprint density at radius 2 is 1.77 bits per heavy atom. The second-order valence-electron chi connectivity index (χ2n) is 7.74. The van der Waals surface area contributed by atoms with E-state index in [0.29, 0.717) is 21.6 Å². The monoisotopic (exact) mass is 466 g/mol. The molecule has 1 aliphatic carbocycles. The van der Waals surface area contributed by atoms with E-state index in [1.54, 1.807) is 36.1 Å². The van der Waals surface area contributed by atoms with Gasteiger partial charge in [0.1, 0.15) is 6.04 Å². The molecule has 1 N–H and O–H groups in total. The first-order chi connectivity index (χ1) is 14.3. The van der Waals surface area contributed by atoms with Crippen LogP contribution in [0, 0.1) is 0 Å². The molecule has 2 aromatic carbocycles. The highest BCUT2D eigenvalue weighted by molar-refractivity contribution is 6.42. The molecular weight excluding hydrogens is 443 g/mol. The number of hydrogen-bond donors (Lipinski definition) is 1. The van der Waals surface area contributed by atoms with Gasteiger partial charge in [-0.3, -0.25) is 9.59 Å². The minimum Gasteiger partial charge on any atom is -0.352 e. The summed E-state index contributed by atoms with van der Waals surface area (Å²) in [5, 5.41) is 4.52. The zero-order valence-corrected chi connectivity index (χ0v) is 19.1. The summed E-state index contributed by atoms with van der Waals surface area (Å²) in [7, 11) is 0. The molecule has 7 heteroatoms. The van der Waals surface area contributed by atoms with E-state index in [1.165, 1.54) is 0 Å². The minimum absolute atomic E-state index is 0.124. The maximum Gasteiger partial charge on any atom is 0.242 e. The van der Waals surface area contributed by atoms with E-state index in [2.05, 4.69) is 5.32 Å². The first-order valence-electron chi connectivity index (χ1n) is 10.1. The van der Waals surface area contributed by atoms with Gasteiger partial charge >= 0.3 is 0 Å². The molecule has 4 nitrogen and oxygen atoms in total. The molecule has 2 aromatic rings. The van der Waals surface area contributed by atoms with Crippen molar-refractivity contribution < 1.29 is 9.59 Å². The smallest absolute Gasteiger partial charge is 0.242 e. The Morgan fingerprint density at radius 3 is 2.43 bits per heavy atom. The van der Waals surface area contributed by atoms with Crippen molar-refractivity contribution in [3.05, 3.63) is 68.7 Å². The third kappa shape index (κ3) is 6.13. The van der Waals surface area contributed by atoms with Crippen molar-refractivity contribution in [1.82, 2.24) is 10.2 Å². The fourth-order valence-electron chi connectivity index (χ4n) is 3.73. The van der Waals surface area contributed by atoms with Crippen LogP contribution in [0.4, 0.5) is 0 Å². The lowest BCUT2D eigenvalue weighted by atomic mass is 10.1. The molecule has 0 aromatic heterocycles. The van der Waals surface area contributed by atoms with Crippen LogP contribution in [0.25, 0.3) is 0 Å². The fourth-order valence-corrected chi connectivity index (χ4v) is 4.27. The first kappa shape index (κ1) is 22.9. The van der Waals surface area contributed by atoms with Crippen molar-refractivity contribution in [2.24, 2.45) is 0 Å². The molecule has 1 atom stereocenters. The van der Waals surface area contributed by atoms with Crippen LogP contribution in [-0.4, -0.2) is 28.8 Å². The standard InChI is InChI=1S/C23H25Cl3N2O2/c1-15(23(30)27-19-7-2-3-8-19)28(14-17-5-4-6-18(24)11-17)22(29)13-16-9-10-20(25)21(26)12-16/h4-6,9-12,15,19H,2-3,7-8,13-14H2,1H3,(H,27,30). The zero-order chi connectivity index (χ0) is 21.7. The van der Waals surface area contributed by atoms with Gasteiger partial charge in [0, 0.05) is 17.6 Å². The number of nitrogens with zero attached hydrogens (tertiary/aromatic N) is 1. The average Bonchev–Trinajstić information content (AvgIpc) is 3.21. The molecular formula is C23H25Cl3N2O2. The van der Waals surface area contributed by atoms with Crippen LogP contribution in [0.3, 0.4) is 0 Å². The van der Waals surface area contributed by atoms with Crippen molar-refractivity contribution in [2.75, 3.05) is 0 Å². The van der Waals surface area contributed by atoms with E-state index in [0.717, 1.165) is 36.8 Å². The molecule has 30 heavy (non-hydrogen) atoms. The van der Waals surface area contributed by atoms with Gasteiger partial charge in [-0.2, -0.15) is 0 Å². The molecule has 1 aliphatic rings. The molecule has 160 valence electrons. The molecule has 0 saturated heterocycles. The Morgan fingerprint density at radius 1 is 1.03 bits per heavy atom. The number of benzene rings is 2. The Balaban J connectivity index is 1.78. The van der Waals surface area contributed by atoms with Crippen molar-refractivity contribution in [1.29, 1.82) is 0 Å². The van der Waals surface area contributed by atoms with Crippen LogP contribution in [0.2, 0.25) is 15.1 Å². The summed E-state index contributed by atoms with van der Waals surface area (Å²) in [4.78, 5) is 27.7. The number of amides is 2. The summed E-state index contributed by atoms with van der Waals surface area (Å²) in [6.07, 6.45) is 4.36. The van der Waals surface area contributed by atoms with E-state index in [-0.39, 0.29) is 24.3 Å². The first-order valence-corrected chi connectivity index (χ1v) is 11.2. The van der Waals surface area contributed by atoms with Crippen molar-refractivity contribution in [3.8, 4) is 0 Å². The molecule has 1 unspecified atom stereocenters. The molecule has 2 amide bonds. The van der Waals surface area contributed by atoms with E-state index in [9.17, 15) is 9.59 Å². The lowest BCUT2D eigenvalue weighted by Crippen LogP contribution is -2.50. The maximum atomic E-state index is 13.2. The second kappa shape index (κ2) is 10.5.